The van der Waals surface area contributed by atoms with Gasteiger partial charge in [0.05, 0.1) is 5.75 Å². The number of aromatic nitrogens is 3. The predicted molar refractivity (Wildman–Crippen MR) is 108 cm³/mol. The van der Waals surface area contributed by atoms with Crippen LogP contribution in [0.15, 0.2) is 29.4 Å². The minimum absolute atomic E-state index is 0.0113. The molecule has 0 saturated heterocycles. The van der Waals surface area contributed by atoms with Gasteiger partial charge in [0.2, 0.25) is 11.1 Å². The molecule has 1 aromatic heterocycles. The number of amides is 1. The summed E-state index contributed by atoms with van der Waals surface area (Å²) < 4.78 is 1.45. The van der Waals surface area contributed by atoms with Gasteiger partial charge < -0.3 is 11.2 Å². The maximum absolute atomic E-state index is 12.0. The molecule has 0 aliphatic heterocycles. The minimum atomic E-state index is -0.0113. The largest absolute Gasteiger partial charge is 0.353 e. The van der Waals surface area contributed by atoms with Gasteiger partial charge in [0, 0.05) is 11.6 Å². The lowest BCUT2D eigenvalue weighted by molar-refractivity contribution is -0.119. The van der Waals surface area contributed by atoms with Gasteiger partial charge in [0.1, 0.15) is 0 Å². The molecule has 1 heterocycles. The number of benzene rings is 1. The summed E-state index contributed by atoms with van der Waals surface area (Å²) in [4.78, 5) is 12.0. The van der Waals surface area contributed by atoms with Crippen LogP contribution in [0, 0.1) is 0 Å². The number of carbonyl (C=O) groups excluding carboxylic acids is 1. The number of nitrogens with one attached hydrogen (secondary N) is 1. The van der Waals surface area contributed by atoms with E-state index in [1.807, 2.05) is 12.1 Å². The Morgan fingerprint density at radius 1 is 1.19 bits per heavy atom. The van der Waals surface area contributed by atoms with Gasteiger partial charge in [-0.3, -0.25) is 4.79 Å². The van der Waals surface area contributed by atoms with E-state index in [9.17, 15) is 4.79 Å². The van der Waals surface area contributed by atoms with Gasteiger partial charge in [0.25, 0.3) is 0 Å². The van der Waals surface area contributed by atoms with Crippen LogP contribution >= 0.6 is 11.8 Å². The minimum Gasteiger partial charge on any atom is -0.353 e. The number of hydrogen-bond acceptors (Lipinski definition) is 5. The van der Waals surface area contributed by atoms with Gasteiger partial charge in [-0.1, -0.05) is 70.6 Å². The number of hydrogen-bond donors (Lipinski definition) is 2. The first kappa shape index (κ1) is 20.3. The van der Waals surface area contributed by atoms with Gasteiger partial charge in [-0.25, -0.2) is 4.68 Å². The number of thioether (sulfide) groups is 1. The molecule has 142 valence electrons. The third-order valence-electron chi connectivity index (χ3n) is 4.36. The normalized spacial score (nSPS) is 11.8. The molecule has 0 fully saturated rings. The topological polar surface area (TPSA) is 85.8 Å². The lowest BCUT2D eigenvalue weighted by Crippen LogP contribution is -2.35. The third-order valence-corrected chi connectivity index (χ3v) is 5.30. The van der Waals surface area contributed by atoms with Gasteiger partial charge >= 0.3 is 0 Å². The van der Waals surface area contributed by atoms with Crippen LogP contribution in [0.5, 0.6) is 0 Å². The number of rotatable bonds is 7. The standard InChI is InChI=1S/C19H29N5OS/c1-6-15(7-2)21-16(25)12-26-18-23-22-17(24(18)20)13-8-10-14(11-9-13)19(3,4)5/h8-11,15H,6-7,12,20H2,1-5H3,(H,21,25). The average molecular weight is 376 g/mol. The molecule has 0 radical (unpaired) electrons. The Labute approximate surface area is 159 Å². The third kappa shape index (κ3) is 5.00. The van der Waals surface area contributed by atoms with Crippen molar-refractivity contribution < 1.29 is 4.79 Å². The highest BCUT2D eigenvalue weighted by Crippen LogP contribution is 2.26. The second-order valence-electron chi connectivity index (χ2n) is 7.37. The summed E-state index contributed by atoms with van der Waals surface area (Å²) in [5.41, 5.74) is 2.25. The number of carbonyl (C=O) groups is 1. The van der Waals surface area contributed by atoms with Crippen LogP contribution in [-0.2, 0) is 10.2 Å². The Hall–Kier alpha value is -2.02. The summed E-state index contributed by atoms with van der Waals surface area (Å²) in [5.74, 6) is 6.99. The second kappa shape index (κ2) is 8.58. The summed E-state index contributed by atoms with van der Waals surface area (Å²) >= 11 is 1.29. The SMILES string of the molecule is CCC(CC)NC(=O)CSc1nnc(-c2ccc(C(C)(C)C)cc2)n1N. The van der Waals surface area contributed by atoms with Crippen molar-refractivity contribution in [1.82, 2.24) is 20.2 Å². The van der Waals surface area contributed by atoms with E-state index in [1.54, 1.807) is 0 Å². The molecule has 0 saturated carbocycles. The Morgan fingerprint density at radius 3 is 2.35 bits per heavy atom. The highest BCUT2D eigenvalue weighted by atomic mass is 32.2. The molecule has 0 bridgehead atoms. The van der Waals surface area contributed by atoms with E-state index in [0.717, 1.165) is 18.4 Å². The van der Waals surface area contributed by atoms with Crippen LogP contribution in [0.2, 0.25) is 0 Å². The summed E-state index contributed by atoms with van der Waals surface area (Å²) in [6.45, 7) is 10.7. The smallest absolute Gasteiger partial charge is 0.230 e. The summed E-state index contributed by atoms with van der Waals surface area (Å²) in [6.07, 6.45) is 1.85. The van der Waals surface area contributed by atoms with Crippen molar-refractivity contribution in [2.45, 2.75) is 64.1 Å². The Bertz CT molecular complexity index is 729. The summed E-state index contributed by atoms with van der Waals surface area (Å²) in [7, 11) is 0. The van der Waals surface area contributed by atoms with E-state index in [2.05, 4.69) is 62.3 Å². The van der Waals surface area contributed by atoms with Gasteiger partial charge in [-0.05, 0) is 23.8 Å². The monoisotopic (exact) mass is 375 g/mol. The van der Waals surface area contributed by atoms with E-state index < -0.39 is 0 Å². The van der Waals surface area contributed by atoms with Crippen LogP contribution in [0.4, 0.5) is 0 Å². The molecule has 0 aliphatic carbocycles. The van der Waals surface area contributed by atoms with Crippen LogP contribution in [0.3, 0.4) is 0 Å². The maximum Gasteiger partial charge on any atom is 0.230 e. The lowest BCUT2D eigenvalue weighted by atomic mass is 9.87. The molecule has 6 nitrogen and oxygen atoms in total. The van der Waals surface area contributed by atoms with Crippen molar-refractivity contribution in [3.05, 3.63) is 29.8 Å². The first-order chi connectivity index (χ1) is 12.3. The van der Waals surface area contributed by atoms with E-state index >= 15 is 0 Å². The van der Waals surface area contributed by atoms with Crippen molar-refractivity contribution in [2.75, 3.05) is 11.6 Å². The highest BCUT2D eigenvalue weighted by molar-refractivity contribution is 7.99. The molecular formula is C19H29N5OS. The maximum atomic E-state index is 12.0. The number of nitrogen functional groups attached to an aromatic ring is 1. The van der Waals surface area contributed by atoms with Crippen LogP contribution in [-0.4, -0.2) is 32.6 Å². The zero-order valence-corrected chi connectivity index (χ0v) is 17.1. The van der Waals surface area contributed by atoms with E-state index in [-0.39, 0.29) is 23.1 Å². The number of nitrogens with two attached hydrogens (primary N) is 1. The van der Waals surface area contributed by atoms with Gasteiger partial charge in [0.15, 0.2) is 5.82 Å². The second-order valence-corrected chi connectivity index (χ2v) is 8.32. The summed E-state index contributed by atoms with van der Waals surface area (Å²) in [6, 6.07) is 8.39. The van der Waals surface area contributed by atoms with Crippen molar-refractivity contribution >= 4 is 17.7 Å². The van der Waals surface area contributed by atoms with Crippen LogP contribution < -0.4 is 11.2 Å². The summed E-state index contributed by atoms with van der Waals surface area (Å²) in [5, 5.41) is 11.8. The molecule has 1 amide bonds. The molecular weight excluding hydrogens is 346 g/mol. The first-order valence-corrected chi connectivity index (χ1v) is 9.98. The predicted octanol–water partition coefficient (Wildman–Crippen LogP) is 3.35. The highest BCUT2D eigenvalue weighted by Gasteiger charge is 2.17. The van der Waals surface area contributed by atoms with Crippen molar-refractivity contribution in [3.8, 4) is 11.4 Å². The Balaban J connectivity index is 2.04. The Kier molecular flexibility index (Phi) is 6.69. The molecule has 0 unspecified atom stereocenters. The molecule has 3 N–H and O–H groups in total. The molecule has 2 aromatic rings. The van der Waals surface area contributed by atoms with Crippen LogP contribution in [0.25, 0.3) is 11.4 Å². The van der Waals surface area contributed by atoms with Gasteiger partial charge in [-0.2, -0.15) is 0 Å². The fourth-order valence-electron chi connectivity index (χ4n) is 2.58. The molecule has 1 aromatic carbocycles. The van der Waals surface area contributed by atoms with Crippen LogP contribution in [0.1, 0.15) is 53.0 Å². The van der Waals surface area contributed by atoms with Crippen molar-refractivity contribution in [2.24, 2.45) is 0 Å². The van der Waals surface area contributed by atoms with Crippen molar-refractivity contribution in [3.63, 3.8) is 0 Å². The zero-order chi connectivity index (χ0) is 19.3. The molecule has 26 heavy (non-hydrogen) atoms. The number of nitrogens with zero attached hydrogens (tertiary/aromatic N) is 3. The fourth-order valence-corrected chi connectivity index (χ4v) is 3.25. The Morgan fingerprint density at radius 2 is 1.81 bits per heavy atom. The molecule has 0 spiro atoms. The van der Waals surface area contributed by atoms with E-state index in [0.29, 0.717) is 11.0 Å². The van der Waals surface area contributed by atoms with E-state index in [4.69, 9.17) is 5.84 Å². The van der Waals surface area contributed by atoms with E-state index in [1.165, 1.54) is 22.0 Å². The molecule has 2 rings (SSSR count). The fraction of sp³-hybridized carbons (Fsp3) is 0.526. The first-order valence-electron chi connectivity index (χ1n) is 8.99. The molecule has 7 heteroatoms. The lowest BCUT2D eigenvalue weighted by Gasteiger charge is -2.19. The van der Waals surface area contributed by atoms with Crippen molar-refractivity contribution in [1.29, 1.82) is 0 Å². The zero-order valence-electron chi connectivity index (χ0n) is 16.2. The quantitative estimate of drug-likeness (QED) is 0.572. The van der Waals surface area contributed by atoms with Gasteiger partial charge in [-0.15, -0.1) is 10.2 Å². The average Bonchev–Trinajstić information content (AvgIpc) is 2.98. The molecule has 0 atom stereocenters. The molecule has 0 aliphatic rings.